The molecule has 23 heavy (non-hydrogen) atoms. The molecule has 0 spiro atoms. The molecular formula is C17H32IN3OS. The molecule has 0 radical (unpaired) electrons. The molecular weight excluding hydrogens is 421 g/mol. The van der Waals surface area contributed by atoms with Gasteiger partial charge >= 0.3 is 0 Å². The molecule has 4 nitrogen and oxygen atoms in total. The summed E-state index contributed by atoms with van der Waals surface area (Å²) in [5.74, 6) is 1.59. The molecule has 0 saturated carbocycles. The molecule has 0 aliphatic carbocycles. The van der Waals surface area contributed by atoms with E-state index in [0.717, 1.165) is 51.6 Å². The molecule has 1 aromatic rings. The summed E-state index contributed by atoms with van der Waals surface area (Å²) < 4.78 is 5.59. The average molecular weight is 453 g/mol. The quantitative estimate of drug-likeness (QED) is 0.253. The second-order valence-electron chi connectivity index (χ2n) is 5.81. The first-order valence-corrected chi connectivity index (χ1v) is 9.11. The number of likely N-dealkylation sites (N-methyl/N-ethyl adjacent to an activating group) is 1. The van der Waals surface area contributed by atoms with E-state index in [9.17, 15) is 0 Å². The van der Waals surface area contributed by atoms with Crippen molar-refractivity contribution in [1.29, 1.82) is 0 Å². The first kappa shape index (κ1) is 22.7. The van der Waals surface area contributed by atoms with Gasteiger partial charge < -0.3 is 15.0 Å². The lowest BCUT2D eigenvalue weighted by atomic mass is 10.2. The summed E-state index contributed by atoms with van der Waals surface area (Å²) in [6.45, 7) is 10.8. The molecule has 0 bridgehead atoms. The van der Waals surface area contributed by atoms with Gasteiger partial charge in [-0.1, -0.05) is 19.9 Å². The van der Waals surface area contributed by atoms with Crippen LogP contribution in [-0.2, 0) is 11.2 Å². The molecule has 0 unspecified atom stereocenters. The van der Waals surface area contributed by atoms with E-state index in [2.05, 4.69) is 60.5 Å². The monoisotopic (exact) mass is 453 g/mol. The predicted molar refractivity (Wildman–Crippen MR) is 112 cm³/mol. The number of halogens is 1. The molecule has 0 saturated heterocycles. The van der Waals surface area contributed by atoms with E-state index < -0.39 is 0 Å². The maximum Gasteiger partial charge on any atom is 0.193 e. The Balaban J connectivity index is 0.00000484. The van der Waals surface area contributed by atoms with E-state index in [1.807, 2.05) is 11.3 Å². The minimum absolute atomic E-state index is 0. The number of hydrogen-bond acceptors (Lipinski definition) is 3. The Morgan fingerprint density at radius 1 is 1.43 bits per heavy atom. The van der Waals surface area contributed by atoms with Crippen molar-refractivity contribution in [2.24, 2.45) is 10.9 Å². The van der Waals surface area contributed by atoms with Crippen LogP contribution in [0, 0.1) is 5.92 Å². The summed E-state index contributed by atoms with van der Waals surface area (Å²) in [4.78, 5) is 8.31. The van der Waals surface area contributed by atoms with Crippen LogP contribution in [0.15, 0.2) is 22.5 Å². The van der Waals surface area contributed by atoms with Crippen LogP contribution in [0.25, 0.3) is 0 Å². The highest BCUT2D eigenvalue weighted by Crippen LogP contribution is 2.09. The normalized spacial score (nSPS) is 11.4. The third kappa shape index (κ3) is 10.9. The number of rotatable bonds is 10. The third-order valence-electron chi connectivity index (χ3n) is 3.13. The van der Waals surface area contributed by atoms with Gasteiger partial charge in [-0.15, -0.1) is 35.3 Å². The topological polar surface area (TPSA) is 36.9 Å². The molecule has 134 valence electrons. The first-order chi connectivity index (χ1) is 10.6. The van der Waals surface area contributed by atoms with Crippen molar-refractivity contribution in [2.75, 3.05) is 39.9 Å². The minimum atomic E-state index is 0. The zero-order valence-electron chi connectivity index (χ0n) is 14.9. The number of thiophene rings is 1. The van der Waals surface area contributed by atoms with Gasteiger partial charge in [0.2, 0.25) is 0 Å². The highest BCUT2D eigenvalue weighted by Gasteiger charge is 2.05. The highest BCUT2D eigenvalue weighted by molar-refractivity contribution is 14.0. The van der Waals surface area contributed by atoms with Crippen LogP contribution in [0.5, 0.6) is 0 Å². The summed E-state index contributed by atoms with van der Waals surface area (Å²) in [6.07, 6.45) is 2.04. The van der Waals surface area contributed by atoms with Crippen molar-refractivity contribution in [2.45, 2.75) is 33.6 Å². The third-order valence-corrected chi connectivity index (χ3v) is 4.07. The zero-order chi connectivity index (χ0) is 16.2. The Morgan fingerprint density at radius 3 is 2.83 bits per heavy atom. The van der Waals surface area contributed by atoms with E-state index in [1.165, 1.54) is 4.88 Å². The van der Waals surface area contributed by atoms with Crippen LogP contribution < -0.4 is 5.32 Å². The van der Waals surface area contributed by atoms with Gasteiger partial charge in [0.15, 0.2) is 5.96 Å². The Bertz CT molecular complexity index is 410. The van der Waals surface area contributed by atoms with Gasteiger partial charge in [0.1, 0.15) is 0 Å². The predicted octanol–water partition coefficient (Wildman–Crippen LogP) is 3.87. The number of ether oxygens (including phenoxy) is 1. The van der Waals surface area contributed by atoms with Gasteiger partial charge in [0.05, 0.1) is 0 Å². The van der Waals surface area contributed by atoms with Crippen LogP contribution in [0.2, 0.25) is 0 Å². The Hall–Kier alpha value is -0.340. The van der Waals surface area contributed by atoms with Crippen molar-refractivity contribution in [1.82, 2.24) is 10.2 Å². The van der Waals surface area contributed by atoms with Gasteiger partial charge in [-0.2, -0.15) is 0 Å². The summed E-state index contributed by atoms with van der Waals surface area (Å²) in [5.41, 5.74) is 0. The van der Waals surface area contributed by atoms with Crippen LogP contribution in [0.4, 0.5) is 0 Å². The van der Waals surface area contributed by atoms with Gasteiger partial charge in [-0.25, -0.2) is 0 Å². The van der Waals surface area contributed by atoms with Crippen LogP contribution >= 0.6 is 35.3 Å². The lowest BCUT2D eigenvalue weighted by Crippen LogP contribution is -2.40. The first-order valence-electron chi connectivity index (χ1n) is 8.23. The maximum absolute atomic E-state index is 5.59. The zero-order valence-corrected chi connectivity index (χ0v) is 18.0. The summed E-state index contributed by atoms with van der Waals surface area (Å²) in [7, 11) is 2.10. The second kappa shape index (κ2) is 14.0. The van der Waals surface area contributed by atoms with E-state index in [4.69, 9.17) is 4.74 Å². The number of aliphatic imine (C=N–C) groups is 1. The summed E-state index contributed by atoms with van der Waals surface area (Å²) in [5, 5.41) is 5.49. The van der Waals surface area contributed by atoms with Crippen molar-refractivity contribution < 1.29 is 4.74 Å². The maximum atomic E-state index is 5.59. The van der Waals surface area contributed by atoms with Crippen molar-refractivity contribution >= 4 is 41.3 Å². The van der Waals surface area contributed by atoms with Gasteiger partial charge in [-0.05, 0) is 37.1 Å². The van der Waals surface area contributed by atoms with E-state index in [-0.39, 0.29) is 24.0 Å². The molecule has 1 aromatic heterocycles. The van der Waals surface area contributed by atoms with Gasteiger partial charge in [0.25, 0.3) is 0 Å². The van der Waals surface area contributed by atoms with Crippen LogP contribution in [0.1, 0.15) is 32.1 Å². The molecule has 0 aromatic carbocycles. The number of nitrogens with one attached hydrogen (secondary N) is 1. The number of nitrogens with zero attached hydrogens (tertiary/aromatic N) is 2. The standard InChI is InChI=1S/C17H31N3OS.HI/c1-5-18-17(19-10-7-12-21-14-15(2)3)20(4)11-9-16-8-6-13-22-16;/h6,8,13,15H,5,7,9-12,14H2,1-4H3,(H,18,19);1H. The lowest BCUT2D eigenvalue weighted by molar-refractivity contribution is 0.109. The van der Waals surface area contributed by atoms with Gasteiger partial charge in [-0.3, -0.25) is 4.99 Å². The molecule has 0 atom stereocenters. The van der Waals surface area contributed by atoms with Crippen LogP contribution in [0.3, 0.4) is 0 Å². The van der Waals surface area contributed by atoms with Gasteiger partial charge in [0, 0.05) is 44.8 Å². The molecule has 1 rings (SSSR count). The number of guanidine groups is 1. The molecule has 0 fully saturated rings. The molecule has 6 heteroatoms. The molecule has 1 N–H and O–H groups in total. The molecule has 0 amide bonds. The molecule has 1 heterocycles. The van der Waals surface area contributed by atoms with Crippen molar-refractivity contribution in [3.05, 3.63) is 22.4 Å². The smallest absolute Gasteiger partial charge is 0.193 e. The summed E-state index contributed by atoms with van der Waals surface area (Å²) >= 11 is 1.82. The molecule has 0 aliphatic rings. The Labute approximate surface area is 162 Å². The number of hydrogen-bond donors (Lipinski definition) is 1. The minimum Gasteiger partial charge on any atom is -0.381 e. The van der Waals surface area contributed by atoms with E-state index in [0.29, 0.717) is 5.92 Å². The summed E-state index contributed by atoms with van der Waals surface area (Å²) in [6, 6.07) is 4.30. The highest BCUT2D eigenvalue weighted by atomic mass is 127. The van der Waals surface area contributed by atoms with E-state index >= 15 is 0 Å². The fourth-order valence-electron chi connectivity index (χ4n) is 1.98. The van der Waals surface area contributed by atoms with Crippen molar-refractivity contribution in [3.63, 3.8) is 0 Å². The fourth-order valence-corrected chi connectivity index (χ4v) is 2.68. The molecule has 0 aliphatic heterocycles. The van der Waals surface area contributed by atoms with Crippen molar-refractivity contribution in [3.8, 4) is 0 Å². The Kier molecular flexibility index (Phi) is 13.8. The SMILES string of the molecule is CCNC(=NCCCOCC(C)C)N(C)CCc1cccs1.I. The van der Waals surface area contributed by atoms with E-state index in [1.54, 1.807) is 0 Å². The average Bonchev–Trinajstić information content (AvgIpc) is 3.00. The largest absolute Gasteiger partial charge is 0.381 e. The fraction of sp³-hybridized carbons (Fsp3) is 0.706. The lowest BCUT2D eigenvalue weighted by Gasteiger charge is -2.21. The second-order valence-corrected chi connectivity index (χ2v) is 6.84. The Morgan fingerprint density at radius 2 is 2.22 bits per heavy atom. The van der Waals surface area contributed by atoms with Crippen LogP contribution in [-0.4, -0.2) is 50.8 Å².